The molecule has 0 radical (unpaired) electrons. The summed E-state index contributed by atoms with van der Waals surface area (Å²) in [4.78, 5) is 13.6. The normalized spacial score (nSPS) is 21.5. The molecule has 1 aliphatic carbocycles. The molecule has 1 aliphatic heterocycles. The molecule has 2 N–H and O–H groups in total. The van der Waals surface area contributed by atoms with Crippen molar-refractivity contribution >= 4 is 5.69 Å². The second kappa shape index (κ2) is 7.49. The monoisotopic (exact) mass is 333 g/mol. The van der Waals surface area contributed by atoms with Crippen molar-refractivity contribution in [2.75, 3.05) is 26.2 Å². The summed E-state index contributed by atoms with van der Waals surface area (Å²) in [6.45, 7) is 5.34. The number of nitro groups is 1. The van der Waals surface area contributed by atoms with Gasteiger partial charge in [0, 0.05) is 38.3 Å². The third kappa shape index (κ3) is 3.39. The molecule has 2 aliphatic rings. The topological polar surface area (TPSA) is 78.6 Å². The lowest BCUT2D eigenvalue weighted by molar-refractivity contribution is -0.386. The molecule has 1 aromatic carbocycles. The highest BCUT2D eigenvalue weighted by Gasteiger charge is 2.37. The zero-order valence-electron chi connectivity index (χ0n) is 14.3. The molecule has 1 saturated carbocycles. The van der Waals surface area contributed by atoms with Crippen LogP contribution in [-0.4, -0.2) is 41.1 Å². The van der Waals surface area contributed by atoms with Gasteiger partial charge >= 0.3 is 0 Å². The number of hydrogen-bond donors (Lipinski definition) is 2. The van der Waals surface area contributed by atoms with Gasteiger partial charge in [0.1, 0.15) is 5.75 Å². The molecule has 132 valence electrons. The lowest BCUT2D eigenvalue weighted by Gasteiger charge is -2.41. The summed E-state index contributed by atoms with van der Waals surface area (Å²) >= 11 is 0. The molecule has 1 aromatic rings. The van der Waals surface area contributed by atoms with Crippen LogP contribution < -0.4 is 5.32 Å². The molecule has 0 bridgehead atoms. The fourth-order valence-electron chi connectivity index (χ4n) is 4.28. The molecule has 1 heterocycles. The van der Waals surface area contributed by atoms with Gasteiger partial charge in [-0.2, -0.15) is 0 Å². The SMILES string of the molecule is Cc1ccc([N+](=O)[O-])c([C@H](C2CCCCC2)N2CCNCC2)c1O. The predicted octanol–water partition coefficient (Wildman–Crippen LogP) is 3.14. The number of piperazine rings is 1. The van der Waals surface area contributed by atoms with Crippen LogP contribution in [-0.2, 0) is 0 Å². The van der Waals surface area contributed by atoms with Crippen LogP contribution in [0.1, 0.15) is 49.3 Å². The van der Waals surface area contributed by atoms with E-state index >= 15 is 0 Å². The summed E-state index contributed by atoms with van der Waals surface area (Å²) in [5.41, 5.74) is 1.31. The molecular formula is C18H27N3O3. The van der Waals surface area contributed by atoms with Crippen LogP contribution in [0.25, 0.3) is 0 Å². The Labute approximate surface area is 143 Å². The Morgan fingerprint density at radius 3 is 2.54 bits per heavy atom. The quantitative estimate of drug-likeness (QED) is 0.654. The number of aryl methyl sites for hydroxylation is 1. The molecule has 0 amide bonds. The van der Waals surface area contributed by atoms with Gasteiger partial charge in [-0.25, -0.2) is 0 Å². The number of hydrogen-bond acceptors (Lipinski definition) is 5. The standard InChI is InChI=1S/C18H27N3O3/c1-13-7-8-15(21(23)24)16(18(13)22)17(14-5-3-2-4-6-14)20-11-9-19-10-12-20/h7-8,14,17,19,22H,2-6,9-12H2,1H3/t17-/m0/s1. The fraction of sp³-hybridized carbons (Fsp3) is 0.667. The van der Waals surface area contributed by atoms with Crippen LogP contribution in [0.2, 0.25) is 0 Å². The number of aromatic hydroxyl groups is 1. The maximum atomic E-state index is 11.6. The van der Waals surface area contributed by atoms with Crippen LogP contribution >= 0.6 is 0 Å². The van der Waals surface area contributed by atoms with Gasteiger partial charge in [-0.1, -0.05) is 19.3 Å². The largest absolute Gasteiger partial charge is 0.507 e. The molecule has 24 heavy (non-hydrogen) atoms. The van der Waals surface area contributed by atoms with Crippen molar-refractivity contribution in [3.05, 3.63) is 33.4 Å². The van der Waals surface area contributed by atoms with Crippen LogP contribution in [0.15, 0.2) is 12.1 Å². The predicted molar refractivity (Wildman–Crippen MR) is 93.3 cm³/mol. The van der Waals surface area contributed by atoms with E-state index in [2.05, 4.69) is 10.2 Å². The Bertz CT molecular complexity index is 575. The van der Waals surface area contributed by atoms with Crippen molar-refractivity contribution < 1.29 is 10.0 Å². The summed E-state index contributed by atoms with van der Waals surface area (Å²) in [5.74, 6) is 0.488. The first-order chi connectivity index (χ1) is 11.6. The molecule has 0 unspecified atom stereocenters. The van der Waals surface area contributed by atoms with E-state index in [1.54, 1.807) is 12.1 Å². The lowest BCUT2D eigenvalue weighted by atomic mass is 9.79. The third-order valence-electron chi connectivity index (χ3n) is 5.53. The molecule has 3 rings (SSSR count). The van der Waals surface area contributed by atoms with Crippen molar-refractivity contribution in [3.8, 4) is 5.75 Å². The zero-order valence-corrected chi connectivity index (χ0v) is 14.3. The Morgan fingerprint density at radius 2 is 1.92 bits per heavy atom. The van der Waals surface area contributed by atoms with E-state index in [1.165, 1.54) is 19.3 Å². The maximum absolute atomic E-state index is 11.6. The van der Waals surface area contributed by atoms with Crippen LogP contribution in [0.5, 0.6) is 5.75 Å². The summed E-state index contributed by atoms with van der Waals surface area (Å²) in [6, 6.07) is 3.14. The van der Waals surface area contributed by atoms with E-state index in [4.69, 9.17) is 0 Å². The van der Waals surface area contributed by atoms with E-state index in [0.29, 0.717) is 17.0 Å². The van der Waals surface area contributed by atoms with E-state index in [0.717, 1.165) is 39.0 Å². The van der Waals surface area contributed by atoms with E-state index in [-0.39, 0.29) is 22.4 Å². The molecular weight excluding hydrogens is 306 g/mol. The lowest BCUT2D eigenvalue weighted by Crippen LogP contribution is -2.47. The summed E-state index contributed by atoms with van der Waals surface area (Å²) < 4.78 is 0. The van der Waals surface area contributed by atoms with Crippen molar-refractivity contribution in [2.24, 2.45) is 5.92 Å². The highest BCUT2D eigenvalue weighted by atomic mass is 16.6. The number of phenols is 1. The Balaban J connectivity index is 2.07. The van der Waals surface area contributed by atoms with E-state index in [1.807, 2.05) is 6.92 Å². The van der Waals surface area contributed by atoms with Gasteiger partial charge in [0.25, 0.3) is 5.69 Å². The van der Waals surface area contributed by atoms with Gasteiger partial charge in [-0.15, -0.1) is 0 Å². The van der Waals surface area contributed by atoms with Crippen molar-refractivity contribution in [1.82, 2.24) is 10.2 Å². The highest BCUT2D eigenvalue weighted by molar-refractivity contribution is 5.54. The van der Waals surface area contributed by atoms with Crippen molar-refractivity contribution in [1.29, 1.82) is 0 Å². The van der Waals surface area contributed by atoms with Crippen LogP contribution in [0.3, 0.4) is 0 Å². The van der Waals surface area contributed by atoms with E-state index < -0.39 is 0 Å². The molecule has 1 atom stereocenters. The van der Waals surface area contributed by atoms with Gasteiger partial charge in [0.2, 0.25) is 0 Å². The van der Waals surface area contributed by atoms with Crippen molar-refractivity contribution in [3.63, 3.8) is 0 Å². The molecule has 1 saturated heterocycles. The number of nitrogens with zero attached hydrogens (tertiary/aromatic N) is 2. The minimum atomic E-state index is -0.341. The Kier molecular flexibility index (Phi) is 5.36. The van der Waals surface area contributed by atoms with Crippen LogP contribution in [0.4, 0.5) is 5.69 Å². The van der Waals surface area contributed by atoms with Gasteiger partial charge in [-0.05, 0) is 37.3 Å². The number of benzene rings is 1. The summed E-state index contributed by atoms with van der Waals surface area (Å²) in [6.07, 6.45) is 5.76. The van der Waals surface area contributed by atoms with Gasteiger partial charge < -0.3 is 10.4 Å². The molecule has 2 fully saturated rings. The number of nitrogens with one attached hydrogen (secondary N) is 1. The minimum Gasteiger partial charge on any atom is -0.507 e. The molecule has 0 spiro atoms. The number of rotatable bonds is 4. The summed E-state index contributed by atoms with van der Waals surface area (Å²) in [5, 5.41) is 25.7. The highest BCUT2D eigenvalue weighted by Crippen LogP contribution is 2.46. The average molecular weight is 333 g/mol. The first-order valence-corrected chi connectivity index (χ1v) is 9.01. The van der Waals surface area contributed by atoms with Crippen molar-refractivity contribution in [2.45, 2.75) is 45.1 Å². The zero-order chi connectivity index (χ0) is 17.1. The van der Waals surface area contributed by atoms with Crippen LogP contribution in [0, 0.1) is 23.0 Å². The second-order valence-corrected chi connectivity index (χ2v) is 7.05. The number of nitro benzene ring substituents is 1. The van der Waals surface area contributed by atoms with Gasteiger partial charge in [0.05, 0.1) is 10.5 Å². The Hall–Kier alpha value is -1.66. The Morgan fingerprint density at radius 1 is 1.25 bits per heavy atom. The first-order valence-electron chi connectivity index (χ1n) is 9.01. The molecule has 6 nitrogen and oxygen atoms in total. The fourth-order valence-corrected chi connectivity index (χ4v) is 4.28. The average Bonchev–Trinajstić information content (AvgIpc) is 2.60. The number of phenolic OH excluding ortho intramolecular Hbond substituents is 1. The molecule has 6 heteroatoms. The van der Waals surface area contributed by atoms with Gasteiger partial charge in [0.15, 0.2) is 0 Å². The van der Waals surface area contributed by atoms with E-state index in [9.17, 15) is 15.2 Å². The maximum Gasteiger partial charge on any atom is 0.277 e. The first kappa shape index (κ1) is 17.2. The van der Waals surface area contributed by atoms with Gasteiger partial charge in [-0.3, -0.25) is 15.0 Å². The minimum absolute atomic E-state index is 0.0622. The summed E-state index contributed by atoms with van der Waals surface area (Å²) in [7, 11) is 0. The molecule has 0 aromatic heterocycles. The second-order valence-electron chi connectivity index (χ2n) is 7.05. The smallest absolute Gasteiger partial charge is 0.277 e. The third-order valence-corrected chi connectivity index (χ3v) is 5.53.